The molecule has 0 unspecified atom stereocenters. The quantitative estimate of drug-likeness (QED) is 0.453. The van der Waals surface area contributed by atoms with E-state index in [0.29, 0.717) is 29.0 Å². The molecule has 1 N–H and O–H groups in total. The Bertz CT molecular complexity index is 1220. The van der Waals surface area contributed by atoms with Crippen molar-refractivity contribution < 1.29 is 9.13 Å². The largest absolute Gasteiger partial charge is 0.489 e. The van der Waals surface area contributed by atoms with E-state index in [9.17, 15) is 9.65 Å². The zero-order valence-corrected chi connectivity index (χ0v) is 15.8. The van der Waals surface area contributed by atoms with Crippen LogP contribution in [0.3, 0.4) is 0 Å². The Labute approximate surface area is 167 Å². The van der Waals surface area contributed by atoms with Gasteiger partial charge in [-0.15, -0.1) is 0 Å². The molecule has 0 aliphatic carbocycles. The van der Waals surface area contributed by atoms with Crippen molar-refractivity contribution in [3.63, 3.8) is 0 Å². The summed E-state index contributed by atoms with van der Waals surface area (Å²) in [7, 11) is 0. The summed E-state index contributed by atoms with van der Waals surface area (Å²) in [5, 5.41) is 9.53. The Balaban J connectivity index is 1.50. The average Bonchev–Trinajstić information content (AvgIpc) is 3.15. The van der Waals surface area contributed by atoms with Gasteiger partial charge in [0.1, 0.15) is 30.1 Å². The van der Waals surface area contributed by atoms with Crippen LogP contribution in [0.15, 0.2) is 66.7 Å². The Morgan fingerprint density at radius 2 is 1.86 bits per heavy atom. The zero-order valence-electron chi connectivity index (χ0n) is 15.8. The third-order valence-electron chi connectivity index (χ3n) is 4.54. The molecule has 3 aromatic carbocycles. The number of rotatable bonds is 5. The van der Waals surface area contributed by atoms with Crippen LogP contribution in [-0.2, 0) is 6.61 Å². The van der Waals surface area contributed by atoms with Crippen molar-refractivity contribution in [2.24, 2.45) is 0 Å². The van der Waals surface area contributed by atoms with Crippen molar-refractivity contribution >= 4 is 22.7 Å². The van der Waals surface area contributed by atoms with Gasteiger partial charge in [0.15, 0.2) is 0 Å². The van der Waals surface area contributed by atoms with Crippen LogP contribution in [0.5, 0.6) is 5.75 Å². The van der Waals surface area contributed by atoms with Gasteiger partial charge in [0.2, 0.25) is 0 Å². The highest BCUT2D eigenvalue weighted by Crippen LogP contribution is 2.21. The lowest BCUT2D eigenvalue weighted by molar-refractivity contribution is 0.306. The first kappa shape index (κ1) is 18.5. The first-order valence-electron chi connectivity index (χ1n) is 9.16. The maximum absolute atomic E-state index is 13.4. The molecule has 5 heteroatoms. The highest BCUT2D eigenvalue weighted by atomic mass is 19.1. The molecule has 0 bridgehead atoms. The lowest BCUT2D eigenvalue weighted by Gasteiger charge is -2.07. The number of nitriles is 1. The molecule has 29 heavy (non-hydrogen) atoms. The van der Waals surface area contributed by atoms with Crippen molar-refractivity contribution in [2.75, 3.05) is 0 Å². The molecule has 0 aliphatic rings. The third kappa shape index (κ3) is 4.33. The van der Waals surface area contributed by atoms with Gasteiger partial charge in [0.05, 0.1) is 16.6 Å². The van der Waals surface area contributed by atoms with Gasteiger partial charge >= 0.3 is 0 Å². The highest BCUT2D eigenvalue weighted by molar-refractivity contribution is 5.90. The SMILES string of the molecule is Cc1ccc(COc2ccc(/C=C(/C#N)c3nc4ccc(F)cc4[nH]3)cc2)cc1. The number of aryl methyl sites for hydroxylation is 1. The summed E-state index contributed by atoms with van der Waals surface area (Å²) < 4.78 is 19.2. The number of imidazole rings is 1. The van der Waals surface area contributed by atoms with Gasteiger partial charge in [0, 0.05) is 0 Å². The van der Waals surface area contributed by atoms with Crippen LogP contribution in [0.1, 0.15) is 22.5 Å². The smallest absolute Gasteiger partial charge is 0.149 e. The predicted molar refractivity (Wildman–Crippen MR) is 111 cm³/mol. The minimum atomic E-state index is -0.351. The number of nitrogens with zero attached hydrogens (tertiary/aromatic N) is 2. The number of aromatic amines is 1. The van der Waals surface area contributed by atoms with Crippen LogP contribution in [0.2, 0.25) is 0 Å². The number of aromatic nitrogens is 2. The van der Waals surface area contributed by atoms with Crippen LogP contribution in [0.25, 0.3) is 22.7 Å². The van der Waals surface area contributed by atoms with Gasteiger partial charge in [0.25, 0.3) is 0 Å². The summed E-state index contributed by atoms with van der Waals surface area (Å²) in [6.07, 6.45) is 1.73. The number of hydrogen-bond donors (Lipinski definition) is 1. The van der Waals surface area contributed by atoms with E-state index in [2.05, 4.69) is 35.1 Å². The first-order valence-corrected chi connectivity index (χ1v) is 9.16. The minimum absolute atomic E-state index is 0.351. The molecule has 0 saturated carbocycles. The summed E-state index contributed by atoms with van der Waals surface area (Å²) in [6.45, 7) is 2.55. The van der Waals surface area contributed by atoms with Crippen LogP contribution in [-0.4, -0.2) is 9.97 Å². The van der Waals surface area contributed by atoms with E-state index < -0.39 is 0 Å². The number of benzene rings is 3. The Morgan fingerprint density at radius 3 is 2.59 bits per heavy atom. The van der Waals surface area contributed by atoms with Crippen LogP contribution in [0.4, 0.5) is 4.39 Å². The number of fused-ring (bicyclic) bond motifs is 1. The van der Waals surface area contributed by atoms with Crippen molar-refractivity contribution in [1.82, 2.24) is 9.97 Å². The second kappa shape index (κ2) is 7.99. The molecule has 142 valence electrons. The molecule has 0 saturated heterocycles. The predicted octanol–water partition coefficient (Wildman–Crippen LogP) is 5.65. The molecule has 4 aromatic rings. The van der Waals surface area contributed by atoms with Crippen molar-refractivity contribution in [2.45, 2.75) is 13.5 Å². The molecule has 0 radical (unpaired) electrons. The van der Waals surface area contributed by atoms with Crippen molar-refractivity contribution in [3.05, 3.63) is 95.1 Å². The van der Waals surface area contributed by atoms with Gasteiger partial charge in [-0.25, -0.2) is 9.37 Å². The molecular formula is C24H18FN3O. The topological polar surface area (TPSA) is 61.7 Å². The molecule has 0 atom stereocenters. The summed E-state index contributed by atoms with van der Waals surface area (Å²) in [5.74, 6) is 0.810. The highest BCUT2D eigenvalue weighted by Gasteiger charge is 2.09. The molecule has 0 spiro atoms. The van der Waals surface area contributed by atoms with Gasteiger partial charge in [-0.05, 0) is 54.5 Å². The van der Waals surface area contributed by atoms with Crippen LogP contribution < -0.4 is 4.74 Å². The molecule has 4 rings (SSSR count). The normalized spacial score (nSPS) is 11.4. The van der Waals surface area contributed by atoms with E-state index in [4.69, 9.17) is 4.74 Å². The molecule has 1 aromatic heterocycles. The van der Waals surface area contributed by atoms with Crippen LogP contribution >= 0.6 is 0 Å². The van der Waals surface area contributed by atoms with Gasteiger partial charge in [-0.2, -0.15) is 5.26 Å². The fourth-order valence-electron chi connectivity index (χ4n) is 2.94. The van der Waals surface area contributed by atoms with Crippen LogP contribution in [0, 0.1) is 24.1 Å². The first-order chi connectivity index (χ1) is 14.1. The second-order valence-electron chi connectivity index (χ2n) is 6.76. The maximum atomic E-state index is 13.4. The third-order valence-corrected chi connectivity index (χ3v) is 4.54. The number of H-pyrrole nitrogens is 1. The molecular weight excluding hydrogens is 365 g/mol. The van der Waals surface area contributed by atoms with E-state index in [1.165, 1.54) is 17.7 Å². The maximum Gasteiger partial charge on any atom is 0.149 e. The molecule has 0 fully saturated rings. The number of allylic oxidation sites excluding steroid dienone is 1. The van der Waals surface area contributed by atoms with Crippen molar-refractivity contribution in [3.8, 4) is 11.8 Å². The number of halogens is 1. The standard InChI is InChI=1S/C24H18FN3O/c1-16-2-4-18(5-3-16)15-29-21-9-6-17(7-10-21)12-19(14-26)24-27-22-11-8-20(25)13-23(22)28-24/h2-13H,15H2,1H3,(H,27,28)/b19-12-. The molecule has 1 heterocycles. The summed E-state index contributed by atoms with van der Waals surface area (Å²) >= 11 is 0. The average molecular weight is 383 g/mol. The second-order valence-corrected chi connectivity index (χ2v) is 6.76. The van der Waals surface area contributed by atoms with Crippen molar-refractivity contribution in [1.29, 1.82) is 5.26 Å². The lowest BCUT2D eigenvalue weighted by atomic mass is 10.1. The van der Waals surface area contributed by atoms with Gasteiger partial charge in [-0.3, -0.25) is 0 Å². The van der Waals surface area contributed by atoms with E-state index in [-0.39, 0.29) is 5.82 Å². The number of nitrogens with one attached hydrogen (secondary N) is 1. The monoisotopic (exact) mass is 383 g/mol. The summed E-state index contributed by atoms with van der Waals surface area (Å²) in [5.41, 5.74) is 4.70. The van der Waals surface area contributed by atoms with E-state index in [0.717, 1.165) is 16.9 Å². The van der Waals surface area contributed by atoms with E-state index >= 15 is 0 Å². The fourth-order valence-corrected chi connectivity index (χ4v) is 2.94. The Morgan fingerprint density at radius 1 is 1.10 bits per heavy atom. The van der Waals surface area contributed by atoms with Gasteiger partial charge in [-0.1, -0.05) is 42.0 Å². The summed E-state index contributed by atoms with van der Waals surface area (Å²) in [6, 6.07) is 22.1. The molecule has 0 aliphatic heterocycles. The summed E-state index contributed by atoms with van der Waals surface area (Å²) in [4.78, 5) is 7.37. The number of hydrogen-bond acceptors (Lipinski definition) is 3. The fraction of sp³-hybridized carbons (Fsp3) is 0.0833. The zero-order chi connectivity index (χ0) is 20.2. The minimum Gasteiger partial charge on any atom is -0.489 e. The molecule has 0 amide bonds. The molecule has 4 nitrogen and oxygen atoms in total. The number of ether oxygens (including phenoxy) is 1. The van der Waals surface area contributed by atoms with E-state index in [1.807, 2.05) is 36.4 Å². The lowest BCUT2D eigenvalue weighted by Crippen LogP contribution is -1.95. The Kier molecular flexibility index (Phi) is 5.08. The Hall–Kier alpha value is -3.91. The van der Waals surface area contributed by atoms with E-state index in [1.54, 1.807) is 12.1 Å². The van der Waals surface area contributed by atoms with Gasteiger partial charge < -0.3 is 9.72 Å².